The van der Waals surface area contributed by atoms with Crippen molar-refractivity contribution in [2.75, 3.05) is 11.9 Å². The van der Waals surface area contributed by atoms with Crippen molar-refractivity contribution in [3.8, 4) is 11.3 Å². The zero-order valence-corrected chi connectivity index (χ0v) is 15.8. The first kappa shape index (κ1) is 18.1. The summed E-state index contributed by atoms with van der Waals surface area (Å²) >= 11 is 0. The summed E-state index contributed by atoms with van der Waals surface area (Å²) in [5.74, 6) is -0.257. The Labute approximate surface area is 163 Å². The van der Waals surface area contributed by atoms with Crippen LogP contribution in [0.2, 0.25) is 0 Å². The number of nitrogens with zero attached hydrogens (tertiary/aromatic N) is 5. The number of aryl methyl sites for hydroxylation is 1. The number of amides is 1. The van der Waals surface area contributed by atoms with Crippen LogP contribution in [0.25, 0.3) is 11.3 Å². The number of aromatic nitrogens is 5. The Morgan fingerprint density at radius 1 is 1.14 bits per heavy atom. The number of fused-ring (bicyclic) bond motifs is 6. The molecule has 8 heteroatoms. The van der Waals surface area contributed by atoms with Gasteiger partial charge >= 0.3 is 0 Å². The smallest absolute Gasteiger partial charge is 0.274 e. The average molecular weight is 377 g/mol. The van der Waals surface area contributed by atoms with Crippen molar-refractivity contribution in [3.05, 3.63) is 60.3 Å². The first-order chi connectivity index (χ1) is 13.7. The second-order valence-corrected chi connectivity index (χ2v) is 6.77. The minimum absolute atomic E-state index is 0.257. The minimum atomic E-state index is -0.257. The van der Waals surface area contributed by atoms with Crippen LogP contribution in [0.15, 0.2) is 48.9 Å². The molecule has 0 aromatic carbocycles. The largest absolute Gasteiger partial charge is 0.318 e. The van der Waals surface area contributed by atoms with Gasteiger partial charge < -0.3 is 10.6 Å². The summed E-state index contributed by atoms with van der Waals surface area (Å²) in [6, 6.07) is 5.42. The number of allylic oxidation sites excluding steroid dienone is 2. The molecule has 0 saturated carbocycles. The molecule has 0 aliphatic carbocycles. The van der Waals surface area contributed by atoms with Crippen LogP contribution in [0.1, 0.15) is 29.0 Å². The lowest BCUT2D eigenvalue weighted by atomic mass is 10.2. The van der Waals surface area contributed by atoms with E-state index in [1.165, 1.54) is 0 Å². The summed E-state index contributed by atoms with van der Waals surface area (Å²) < 4.78 is 3.57. The van der Waals surface area contributed by atoms with Crippen LogP contribution >= 0.6 is 0 Å². The number of nitrogens with one attached hydrogen (secondary N) is 2. The molecule has 1 aliphatic rings. The van der Waals surface area contributed by atoms with Gasteiger partial charge in [0.05, 0.1) is 29.8 Å². The number of hydrogen-bond acceptors (Lipinski definition) is 5. The number of rotatable bonds is 0. The Balaban J connectivity index is 1.65. The van der Waals surface area contributed by atoms with Crippen LogP contribution in [-0.4, -0.2) is 37.0 Å². The Kier molecular flexibility index (Phi) is 5.29. The fourth-order valence-electron chi connectivity index (χ4n) is 3.13. The van der Waals surface area contributed by atoms with Gasteiger partial charge in [-0.3, -0.25) is 14.2 Å². The standard InChI is InChI=1S/C20H23N7O/c1-26-14-19-18(25-26)12-21-9-4-2-3-5-10-27-13-15(11-22-27)16-7-6-8-17(23-16)20(28)24-19/h3,5-8,11,13-14,21H,2,4,9-10,12H2,1H3,(H,24,28)/b5-3-. The highest BCUT2D eigenvalue weighted by Gasteiger charge is 2.14. The van der Waals surface area contributed by atoms with Crippen molar-refractivity contribution in [1.29, 1.82) is 0 Å². The van der Waals surface area contributed by atoms with Crippen LogP contribution < -0.4 is 10.6 Å². The molecule has 0 atom stereocenters. The predicted molar refractivity (Wildman–Crippen MR) is 107 cm³/mol. The average Bonchev–Trinajstić information content (AvgIpc) is 3.30. The number of carbonyl (C=O) groups is 1. The quantitative estimate of drug-likeness (QED) is 0.587. The number of anilines is 1. The molecule has 1 aliphatic heterocycles. The van der Waals surface area contributed by atoms with E-state index in [0.717, 1.165) is 36.3 Å². The van der Waals surface area contributed by atoms with Gasteiger partial charge in [-0.15, -0.1) is 0 Å². The van der Waals surface area contributed by atoms with E-state index < -0.39 is 0 Å². The van der Waals surface area contributed by atoms with Gasteiger partial charge in [0.25, 0.3) is 5.91 Å². The summed E-state index contributed by atoms with van der Waals surface area (Å²) in [5, 5.41) is 15.2. The van der Waals surface area contributed by atoms with Gasteiger partial charge in [0.15, 0.2) is 0 Å². The first-order valence-electron chi connectivity index (χ1n) is 9.38. The molecular weight excluding hydrogens is 354 g/mol. The number of hydrogen-bond donors (Lipinski definition) is 2. The highest BCUT2D eigenvalue weighted by atomic mass is 16.1. The van der Waals surface area contributed by atoms with E-state index >= 15 is 0 Å². The Morgan fingerprint density at radius 3 is 2.96 bits per heavy atom. The van der Waals surface area contributed by atoms with Crippen LogP contribution in [0.4, 0.5) is 5.69 Å². The Hall–Kier alpha value is -3.26. The molecule has 144 valence electrons. The van der Waals surface area contributed by atoms with Gasteiger partial charge in [0.1, 0.15) is 5.69 Å². The van der Waals surface area contributed by atoms with E-state index in [1.54, 1.807) is 16.9 Å². The third kappa shape index (κ3) is 4.17. The summed E-state index contributed by atoms with van der Waals surface area (Å²) in [7, 11) is 1.84. The highest BCUT2D eigenvalue weighted by Crippen LogP contribution is 2.18. The van der Waals surface area contributed by atoms with E-state index in [4.69, 9.17) is 0 Å². The topological polar surface area (TPSA) is 89.7 Å². The number of carbonyl (C=O) groups excluding carboxylic acids is 1. The van der Waals surface area contributed by atoms with Crippen molar-refractivity contribution >= 4 is 11.6 Å². The molecule has 0 radical (unpaired) electrons. The third-order valence-corrected chi connectivity index (χ3v) is 4.54. The van der Waals surface area contributed by atoms with Gasteiger partial charge in [0, 0.05) is 31.5 Å². The zero-order valence-electron chi connectivity index (χ0n) is 15.8. The molecule has 8 nitrogen and oxygen atoms in total. The monoisotopic (exact) mass is 377 g/mol. The van der Waals surface area contributed by atoms with E-state index in [2.05, 4.69) is 38.0 Å². The molecular formula is C20H23N7O. The van der Waals surface area contributed by atoms with Gasteiger partial charge in [-0.05, 0) is 31.5 Å². The highest BCUT2D eigenvalue weighted by molar-refractivity contribution is 6.03. The molecule has 4 bridgehead atoms. The lowest BCUT2D eigenvalue weighted by molar-refractivity contribution is 0.102. The lowest BCUT2D eigenvalue weighted by Crippen LogP contribution is -2.18. The molecule has 28 heavy (non-hydrogen) atoms. The van der Waals surface area contributed by atoms with Gasteiger partial charge in [-0.2, -0.15) is 10.2 Å². The van der Waals surface area contributed by atoms with Gasteiger partial charge in [-0.1, -0.05) is 18.2 Å². The van der Waals surface area contributed by atoms with Crippen molar-refractivity contribution in [1.82, 2.24) is 29.9 Å². The SMILES string of the molecule is Cn1cc2c(n1)CNCCC/C=C\Cn1cc(cn1)-c1cccc(n1)C(=O)N2. The molecule has 0 spiro atoms. The van der Waals surface area contributed by atoms with Crippen LogP contribution in [0.5, 0.6) is 0 Å². The molecule has 1 amide bonds. The van der Waals surface area contributed by atoms with E-state index in [0.29, 0.717) is 24.5 Å². The fourth-order valence-corrected chi connectivity index (χ4v) is 3.13. The Morgan fingerprint density at radius 2 is 2.04 bits per heavy atom. The van der Waals surface area contributed by atoms with Crippen LogP contribution in [-0.2, 0) is 20.1 Å². The molecule has 3 aromatic rings. The molecule has 0 unspecified atom stereocenters. The maximum absolute atomic E-state index is 12.7. The lowest BCUT2D eigenvalue weighted by Gasteiger charge is -2.07. The zero-order chi connectivity index (χ0) is 19.3. The van der Waals surface area contributed by atoms with Crippen molar-refractivity contribution < 1.29 is 4.79 Å². The maximum atomic E-state index is 12.7. The van der Waals surface area contributed by atoms with Crippen molar-refractivity contribution in [2.24, 2.45) is 7.05 Å². The van der Waals surface area contributed by atoms with E-state index in [-0.39, 0.29) is 5.91 Å². The fraction of sp³-hybridized carbons (Fsp3) is 0.300. The minimum Gasteiger partial charge on any atom is -0.318 e. The predicted octanol–water partition coefficient (Wildman–Crippen LogP) is 2.37. The van der Waals surface area contributed by atoms with Gasteiger partial charge in [0.2, 0.25) is 0 Å². The summed E-state index contributed by atoms with van der Waals surface area (Å²) in [6.07, 6.45) is 11.9. The molecule has 2 N–H and O–H groups in total. The normalized spacial score (nSPS) is 16.5. The summed E-state index contributed by atoms with van der Waals surface area (Å²) in [5.41, 5.74) is 3.47. The maximum Gasteiger partial charge on any atom is 0.274 e. The second kappa shape index (κ2) is 8.18. The van der Waals surface area contributed by atoms with Crippen LogP contribution in [0.3, 0.4) is 0 Å². The first-order valence-corrected chi connectivity index (χ1v) is 9.38. The Bertz CT molecular complexity index is 1000. The molecule has 0 fully saturated rings. The molecule has 0 saturated heterocycles. The summed E-state index contributed by atoms with van der Waals surface area (Å²) in [4.78, 5) is 17.3. The molecule has 3 aromatic heterocycles. The molecule has 4 rings (SSSR count). The van der Waals surface area contributed by atoms with Crippen molar-refractivity contribution in [3.63, 3.8) is 0 Å². The molecule has 4 heterocycles. The number of pyridine rings is 1. The third-order valence-electron chi connectivity index (χ3n) is 4.54. The van der Waals surface area contributed by atoms with Crippen LogP contribution in [0, 0.1) is 0 Å². The summed E-state index contributed by atoms with van der Waals surface area (Å²) in [6.45, 7) is 2.19. The second-order valence-electron chi connectivity index (χ2n) is 6.77. The van der Waals surface area contributed by atoms with E-state index in [9.17, 15) is 4.79 Å². The van der Waals surface area contributed by atoms with Crippen molar-refractivity contribution in [2.45, 2.75) is 25.9 Å². The van der Waals surface area contributed by atoms with E-state index in [1.807, 2.05) is 36.3 Å². The van der Waals surface area contributed by atoms with Gasteiger partial charge in [-0.25, -0.2) is 4.98 Å².